The molecule has 0 radical (unpaired) electrons. The number of hydrogen-bond donors (Lipinski definition) is 1. The average molecular weight is 476 g/mol. The molecule has 8 nitrogen and oxygen atoms in total. The van der Waals surface area contributed by atoms with Crippen molar-refractivity contribution in [2.45, 2.75) is 25.7 Å². The molecule has 180 valence electrons. The number of allylic oxidation sites excluding steroid dienone is 3. The number of aryl methyl sites for hydroxylation is 1. The molecule has 0 unspecified atom stereocenters. The lowest BCUT2D eigenvalue weighted by molar-refractivity contribution is -0.0902. The van der Waals surface area contributed by atoms with Gasteiger partial charge in [0.05, 0.1) is 12.1 Å². The first-order valence-corrected chi connectivity index (χ1v) is 10.2. The molecule has 1 aromatic carbocycles. The molecule has 1 N–H and O–H groups in total. The van der Waals surface area contributed by atoms with E-state index in [4.69, 9.17) is 9.84 Å². The van der Waals surface area contributed by atoms with Gasteiger partial charge in [-0.1, -0.05) is 49.6 Å². The molecule has 0 saturated heterocycles. The van der Waals surface area contributed by atoms with E-state index >= 15 is 0 Å². The van der Waals surface area contributed by atoms with Crippen molar-refractivity contribution >= 4 is 11.2 Å². The van der Waals surface area contributed by atoms with Crippen molar-refractivity contribution < 1.29 is 23.0 Å². The van der Waals surface area contributed by atoms with Crippen LogP contribution in [0.3, 0.4) is 0 Å². The number of fused-ring (bicyclic) bond motifs is 1. The minimum Gasteiger partial charge on any atom is -0.425 e. The molecule has 3 rings (SSSR count). The van der Waals surface area contributed by atoms with Gasteiger partial charge in [-0.05, 0) is 18.1 Å². The summed E-state index contributed by atoms with van der Waals surface area (Å²) < 4.78 is 49.3. The number of benzene rings is 1. The molecule has 0 fully saturated rings. The normalized spacial score (nSPS) is 12.5. The Morgan fingerprint density at radius 1 is 1.15 bits per heavy atom. The molecule has 0 atom stereocenters. The van der Waals surface area contributed by atoms with Gasteiger partial charge >= 0.3 is 17.9 Å². The number of aromatic nitrogens is 4. The summed E-state index contributed by atoms with van der Waals surface area (Å²) >= 11 is 0. The Hall–Kier alpha value is -3.86. The van der Waals surface area contributed by atoms with E-state index in [1.54, 1.807) is 30.3 Å². The molecule has 0 aliphatic heterocycles. The van der Waals surface area contributed by atoms with Gasteiger partial charge in [0.1, 0.15) is 5.76 Å². The van der Waals surface area contributed by atoms with Crippen molar-refractivity contribution in [2.24, 2.45) is 7.05 Å². The zero-order chi connectivity index (χ0) is 25.0. The van der Waals surface area contributed by atoms with Gasteiger partial charge in [0.2, 0.25) is 0 Å². The molecular formula is C23H23F3N4O4. The summed E-state index contributed by atoms with van der Waals surface area (Å²) in [5, 5.41) is 9.14. The largest absolute Gasteiger partial charge is 0.425 e. The Balaban J connectivity index is 2.33. The molecule has 0 aliphatic carbocycles. The predicted octanol–water partition coefficient (Wildman–Crippen LogP) is 2.89. The van der Waals surface area contributed by atoms with E-state index in [0.29, 0.717) is 11.6 Å². The first-order valence-electron chi connectivity index (χ1n) is 10.2. The van der Waals surface area contributed by atoms with Crippen LogP contribution in [-0.2, 0) is 20.1 Å². The zero-order valence-electron chi connectivity index (χ0n) is 18.4. The predicted molar refractivity (Wildman–Crippen MR) is 121 cm³/mol. The maximum atomic E-state index is 13.5. The van der Waals surface area contributed by atoms with E-state index in [1.807, 2.05) is 0 Å². The summed E-state index contributed by atoms with van der Waals surface area (Å²) in [6, 6.07) is 8.51. The monoisotopic (exact) mass is 476 g/mol. The summed E-state index contributed by atoms with van der Waals surface area (Å²) in [6.07, 6.45) is -3.14. The average Bonchev–Trinajstić information content (AvgIpc) is 3.15. The number of ether oxygens (including phenoxy) is 1. The Morgan fingerprint density at radius 2 is 1.82 bits per heavy atom. The van der Waals surface area contributed by atoms with E-state index in [1.165, 1.54) is 11.6 Å². The van der Waals surface area contributed by atoms with Gasteiger partial charge in [-0.15, -0.1) is 0 Å². The van der Waals surface area contributed by atoms with Gasteiger partial charge in [0.15, 0.2) is 11.2 Å². The summed E-state index contributed by atoms with van der Waals surface area (Å²) in [6.45, 7) is 6.34. The van der Waals surface area contributed by atoms with Crippen molar-refractivity contribution in [3.05, 3.63) is 93.4 Å². The van der Waals surface area contributed by atoms with E-state index in [9.17, 15) is 22.8 Å². The highest BCUT2D eigenvalue weighted by Gasteiger charge is 2.35. The number of halogens is 3. The summed E-state index contributed by atoms with van der Waals surface area (Å²) in [7, 11) is 1.39. The number of aliphatic hydroxyl groups is 1. The van der Waals surface area contributed by atoms with Crippen LogP contribution in [0.5, 0.6) is 6.01 Å². The molecule has 0 saturated carbocycles. The van der Waals surface area contributed by atoms with Crippen molar-refractivity contribution in [2.75, 3.05) is 6.61 Å². The SMILES string of the molecule is C=C/C(Oc1nc2c(c(=O)n(CCCO)c(=O)n2C)n1Cc1ccccc1)=C(\C=C)C(F)(F)F. The van der Waals surface area contributed by atoms with Crippen LogP contribution in [0.15, 0.2) is 76.6 Å². The smallest absolute Gasteiger partial charge is 0.419 e. The molecule has 3 aromatic rings. The van der Waals surface area contributed by atoms with Crippen LogP contribution in [0.25, 0.3) is 11.2 Å². The third-order valence-corrected chi connectivity index (χ3v) is 5.08. The minimum atomic E-state index is -4.77. The number of alkyl halides is 3. The standard InChI is InChI=1S/C23H23F3N4O4/c1-4-16(23(24,25)26)17(5-2)34-21-27-19-18(30(21)14-15-10-7-6-8-11-15)20(32)29(12-9-13-31)22(33)28(19)3/h4-8,10-11,31H,1-2,9,12-14H2,3H3/b17-16-. The van der Waals surface area contributed by atoms with Crippen LogP contribution in [0, 0.1) is 0 Å². The van der Waals surface area contributed by atoms with Gasteiger partial charge in [0, 0.05) is 20.2 Å². The maximum Gasteiger partial charge on any atom is 0.419 e. The number of hydrogen-bond acceptors (Lipinski definition) is 5. The summed E-state index contributed by atoms with van der Waals surface area (Å²) in [4.78, 5) is 30.2. The molecule has 2 aromatic heterocycles. The third kappa shape index (κ3) is 4.74. The quantitative estimate of drug-likeness (QED) is 0.379. The van der Waals surface area contributed by atoms with Crippen LogP contribution >= 0.6 is 0 Å². The van der Waals surface area contributed by atoms with Crippen molar-refractivity contribution in [1.29, 1.82) is 0 Å². The molecule has 0 amide bonds. The summed E-state index contributed by atoms with van der Waals surface area (Å²) in [5.74, 6) is -0.655. The van der Waals surface area contributed by atoms with E-state index in [-0.39, 0.29) is 43.3 Å². The molecule has 11 heteroatoms. The molecule has 2 heterocycles. The fourth-order valence-electron chi connectivity index (χ4n) is 3.43. The Labute approximate surface area is 192 Å². The van der Waals surface area contributed by atoms with Crippen LogP contribution in [0.2, 0.25) is 0 Å². The van der Waals surface area contributed by atoms with Gasteiger partial charge in [-0.3, -0.25) is 18.5 Å². The fraction of sp³-hybridized carbons (Fsp3) is 0.261. The molecular weight excluding hydrogens is 453 g/mol. The molecule has 0 spiro atoms. The molecule has 0 bridgehead atoms. The van der Waals surface area contributed by atoms with Crippen molar-refractivity contribution in [3.8, 4) is 6.01 Å². The van der Waals surface area contributed by atoms with Crippen LogP contribution in [0.4, 0.5) is 13.2 Å². The second kappa shape index (κ2) is 9.96. The topological polar surface area (TPSA) is 91.3 Å². The van der Waals surface area contributed by atoms with Crippen molar-refractivity contribution in [1.82, 2.24) is 18.7 Å². The number of nitrogens with zero attached hydrogens (tertiary/aromatic N) is 4. The highest BCUT2D eigenvalue weighted by molar-refractivity contribution is 5.72. The number of rotatable bonds is 9. The molecule has 0 aliphatic rings. The highest BCUT2D eigenvalue weighted by Crippen LogP contribution is 2.31. The summed E-state index contributed by atoms with van der Waals surface area (Å²) in [5.41, 5.74) is -1.93. The van der Waals surface area contributed by atoms with E-state index < -0.39 is 28.8 Å². The van der Waals surface area contributed by atoms with Crippen LogP contribution in [-0.4, -0.2) is 36.6 Å². The molecule has 34 heavy (non-hydrogen) atoms. The lowest BCUT2D eigenvalue weighted by Gasteiger charge is -2.14. The Morgan fingerprint density at radius 3 is 2.38 bits per heavy atom. The Bertz CT molecular complexity index is 1370. The fourth-order valence-corrected chi connectivity index (χ4v) is 3.43. The first-order chi connectivity index (χ1) is 16.1. The number of imidazole rings is 1. The maximum absolute atomic E-state index is 13.5. The third-order valence-electron chi connectivity index (χ3n) is 5.08. The van der Waals surface area contributed by atoms with Gasteiger partial charge < -0.3 is 9.84 Å². The van der Waals surface area contributed by atoms with Crippen molar-refractivity contribution in [3.63, 3.8) is 0 Å². The highest BCUT2D eigenvalue weighted by atomic mass is 19.4. The second-order valence-corrected chi connectivity index (χ2v) is 7.30. The van der Waals surface area contributed by atoms with Gasteiger partial charge in [-0.2, -0.15) is 18.2 Å². The lowest BCUT2D eigenvalue weighted by Crippen LogP contribution is -2.39. The van der Waals surface area contributed by atoms with Crippen LogP contribution < -0.4 is 16.0 Å². The van der Waals surface area contributed by atoms with Gasteiger partial charge in [0.25, 0.3) is 5.56 Å². The zero-order valence-corrected chi connectivity index (χ0v) is 18.4. The first kappa shape index (κ1) is 24.8. The minimum absolute atomic E-state index is 0.0278. The number of aliphatic hydroxyl groups excluding tert-OH is 1. The lowest BCUT2D eigenvalue weighted by atomic mass is 10.2. The van der Waals surface area contributed by atoms with Gasteiger partial charge in [-0.25, -0.2) is 4.79 Å². The van der Waals surface area contributed by atoms with E-state index in [0.717, 1.165) is 15.2 Å². The second-order valence-electron chi connectivity index (χ2n) is 7.30. The Kier molecular flexibility index (Phi) is 7.26. The van der Waals surface area contributed by atoms with E-state index in [2.05, 4.69) is 18.1 Å². The van der Waals surface area contributed by atoms with Crippen LogP contribution in [0.1, 0.15) is 12.0 Å².